The molecule has 1 atom stereocenters. The van der Waals surface area contributed by atoms with Gasteiger partial charge in [-0.2, -0.15) is 0 Å². The fraction of sp³-hybridized carbons (Fsp3) is 0.176. The fourth-order valence-corrected chi connectivity index (χ4v) is 2.74. The molecule has 1 aliphatic heterocycles. The Labute approximate surface area is 138 Å². The summed E-state index contributed by atoms with van der Waals surface area (Å²) in [6.07, 6.45) is 0.586. The van der Waals surface area contributed by atoms with E-state index < -0.39 is 5.97 Å². The first kappa shape index (κ1) is 15.4. The lowest BCUT2D eigenvalue weighted by Gasteiger charge is -2.27. The Kier molecular flexibility index (Phi) is 4.21. The molecule has 1 amide bonds. The molecule has 3 rings (SSSR count). The molecule has 0 aliphatic carbocycles. The number of fused-ring (bicyclic) bond motifs is 1. The third-order valence-electron chi connectivity index (χ3n) is 3.80. The Morgan fingerprint density at radius 3 is 2.52 bits per heavy atom. The molecule has 0 bridgehead atoms. The third-order valence-corrected chi connectivity index (χ3v) is 4.05. The van der Waals surface area contributed by atoms with Gasteiger partial charge in [-0.3, -0.25) is 4.79 Å². The number of aromatic carboxylic acids is 1. The van der Waals surface area contributed by atoms with Crippen molar-refractivity contribution in [2.45, 2.75) is 12.5 Å². The van der Waals surface area contributed by atoms with Crippen molar-refractivity contribution >= 4 is 29.2 Å². The molecule has 0 saturated heterocycles. The van der Waals surface area contributed by atoms with Crippen LogP contribution in [0.5, 0.6) is 0 Å². The standard InChI is InChI=1S/C17H15ClN2O3/c18-13-4-1-10(2-5-13)16(21)20-14-8-12-7-11(17(22)23)3-6-15(12)19-9-14/h1-7,14,19H,8-9H2,(H,20,21)(H,22,23). The number of benzene rings is 2. The van der Waals surface area contributed by atoms with Crippen molar-refractivity contribution in [3.8, 4) is 0 Å². The number of rotatable bonds is 3. The minimum absolute atomic E-state index is 0.102. The zero-order valence-corrected chi connectivity index (χ0v) is 12.9. The second-order valence-electron chi connectivity index (χ2n) is 5.44. The number of carboxylic acids is 1. The molecule has 6 heteroatoms. The number of carbonyl (C=O) groups excluding carboxylic acids is 1. The number of anilines is 1. The molecule has 3 N–H and O–H groups in total. The molecule has 0 aromatic heterocycles. The first-order valence-corrected chi connectivity index (χ1v) is 7.57. The third kappa shape index (κ3) is 3.46. The largest absolute Gasteiger partial charge is 0.478 e. The number of amides is 1. The highest BCUT2D eigenvalue weighted by molar-refractivity contribution is 6.30. The van der Waals surface area contributed by atoms with Gasteiger partial charge in [-0.1, -0.05) is 11.6 Å². The molecule has 0 spiro atoms. The average molecular weight is 331 g/mol. The highest BCUT2D eigenvalue weighted by atomic mass is 35.5. The van der Waals surface area contributed by atoms with Crippen molar-refractivity contribution in [3.05, 3.63) is 64.2 Å². The van der Waals surface area contributed by atoms with Crippen LogP contribution in [0, 0.1) is 0 Å². The molecule has 23 heavy (non-hydrogen) atoms. The summed E-state index contributed by atoms with van der Waals surface area (Å²) in [4.78, 5) is 23.3. The van der Waals surface area contributed by atoms with Crippen LogP contribution in [0.1, 0.15) is 26.3 Å². The summed E-state index contributed by atoms with van der Waals surface area (Å²) in [5.41, 5.74) is 2.58. The Morgan fingerprint density at radius 1 is 1.13 bits per heavy atom. The van der Waals surface area contributed by atoms with Gasteiger partial charge in [0.15, 0.2) is 0 Å². The number of hydrogen-bond donors (Lipinski definition) is 3. The highest BCUT2D eigenvalue weighted by Crippen LogP contribution is 2.23. The highest BCUT2D eigenvalue weighted by Gasteiger charge is 2.21. The molecule has 0 saturated carbocycles. The lowest BCUT2D eigenvalue weighted by Crippen LogP contribution is -2.43. The summed E-state index contributed by atoms with van der Waals surface area (Å²) in [5, 5.41) is 15.8. The molecule has 0 fully saturated rings. The van der Waals surface area contributed by atoms with Crippen LogP contribution in [0.25, 0.3) is 0 Å². The average Bonchev–Trinajstić information content (AvgIpc) is 2.54. The monoisotopic (exact) mass is 330 g/mol. The van der Waals surface area contributed by atoms with Crippen LogP contribution in [0.4, 0.5) is 5.69 Å². The van der Waals surface area contributed by atoms with Gasteiger partial charge in [-0.25, -0.2) is 4.79 Å². The van der Waals surface area contributed by atoms with Crippen molar-refractivity contribution in [3.63, 3.8) is 0 Å². The summed E-state index contributed by atoms with van der Waals surface area (Å²) in [6, 6.07) is 11.6. The van der Waals surface area contributed by atoms with Crippen LogP contribution in [-0.2, 0) is 6.42 Å². The summed E-state index contributed by atoms with van der Waals surface area (Å²) < 4.78 is 0. The Bertz CT molecular complexity index is 759. The second-order valence-corrected chi connectivity index (χ2v) is 5.88. The van der Waals surface area contributed by atoms with Gasteiger partial charge in [0, 0.05) is 22.8 Å². The summed E-state index contributed by atoms with van der Waals surface area (Å²) in [7, 11) is 0. The van der Waals surface area contributed by atoms with Crippen molar-refractivity contribution in [2.75, 3.05) is 11.9 Å². The Hall–Kier alpha value is -2.53. The van der Waals surface area contributed by atoms with E-state index in [0.29, 0.717) is 23.6 Å². The molecule has 5 nitrogen and oxygen atoms in total. The van der Waals surface area contributed by atoms with Gasteiger partial charge < -0.3 is 15.7 Å². The minimum Gasteiger partial charge on any atom is -0.478 e. The van der Waals surface area contributed by atoms with E-state index in [9.17, 15) is 9.59 Å². The molecular formula is C17H15ClN2O3. The molecule has 1 unspecified atom stereocenters. The van der Waals surface area contributed by atoms with Gasteiger partial charge in [0.05, 0.1) is 11.6 Å². The maximum Gasteiger partial charge on any atom is 0.335 e. The first-order valence-electron chi connectivity index (χ1n) is 7.19. The summed E-state index contributed by atoms with van der Waals surface area (Å²) >= 11 is 5.82. The number of nitrogens with one attached hydrogen (secondary N) is 2. The van der Waals surface area contributed by atoms with Crippen LogP contribution >= 0.6 is 11.6 Å². The lowest BCUT2D eigenvalue weighted by molar-refractivity contribution is 0.0696. The van der Waals surface area contributed by atoms with Gasteiger partial charge in [0.1, 0.15) is 0 Å². The van der Waals surface area contributed by atoms with E-state index in [1.165, 1.54) is 0 Å². The van der Waals surface area contributed by atoms with Crippen LogP contribution < -0.4 is 10.6 Å². The van der Waals surface area contributed by atoms with Crippen molar-refractivity contribution < 1.29 is 14.7 Å². The molecule has 2 aromatic carbocycles. The first-order chi connectivity index (χ1) is 11.0. The number of carboxylic acid groups (broad SMARTS) is 1. The molecule has 118 valence electrons. The number of carbonyl (C=O) groups is 2. The van der Waals surface area contributed by atoms with E-state index in [1.807, 2.05) is 0 Å². The van der Waals surface area contributed by atoms with Gasteiger partial charge in [0.2, 0.25) is 0 Å². The van der Waals surface area contributed by atoms with Gasteiger partial charge in [-0.05, 0) is 54.4 Å². The minimum atomic E-state index is -0.958. The summed E-state index contributed by atoms with van der Waals surface area (Å²) in [6.45, 7) is 0.596. The van der Waals surface area contributed by atoms with Crippen LogP contribution in [0.15, 0.2) is 42.5 Å². The normalized spacial score (nSPS) is 16.1. The van der Waals surface area contributed by atoms with E-state index >= 15 is 0 Å². The number of hydrogen-bond acceptors (Lipinski definition) is 3. The predicted octanol–water partition coefficient (Wildman–Crippen LogP) is 2.80. The smallest absolute Gasteiger partial charge is 0.335 e. The molecule has 1 heterocycles. The van der Waals surface area contributed by atoms with Crippen LogP contribution in [-0.4, -0.2) is 29.6 Å². The van der Waals surface area contributed by atoms with E-state index in [-0.39, 0.29) is 17.5 Å². The van der Waals surface area contributed by atoms with Crippen molar-refractivity contribution in [1.29, 1.82) is 0 Å². The number of halogens is 1. The topological polar surface area (TPSA) is 78.4 Å². The maximum atomic E-state index is 12.2. The van der Waals surface area contributed by atoms with Crippen molar-refractivity contribution in [1.82, 2.24) is 5.32 Å². The molecule has 2 aromatic rings. The Morgan fingerprint density at radius 2 is 1.83 bits per heavy atom. The quantitative estimate of drug-likeness (QED) is 0.808. The van der Waals surface area contributed by atoms with E-state index in [2.05, 4.69) is 10.6 Å². The SMILES string of the molecule is O=C(O)c1ccc2c(c1)CC(NC(=O)c1ccc(Cl)cc1)CN2. The molecule has 0 radical (unpaired) electrons. The zero-order chi connectivity index (χ0) is 16.4. The van der Waals surface area contributed by atoms with Crippen LogP contribution in [0.2, 0.25) is 5.02 Å². The molecule has 1 aliphatic rings. The van der Waals surface area contributed by atoms with Gasteiger partial charge in [-0.15, -0.1) is 0 Å². The fourth-order valence-electron chi connectivity index (χ4n) is 2.61. The maximum absolute atomic E-state index is 12.2. The zero-order valence-electron chi connectivity index (χ0n) is 12.2. The van der Waals surface area contributed by atoms with Crippen LogP contribution in [0.3, 0.4) is 0 Å². The van der Waals surface area contributed by atoms with Crippen molar-refractivity contribution in [2.24, 2.45) is 0 Å². The summed E-state index contributed by atoms with van der Waals surface area (Å²) in [5.74, 6) is -1.13. The second kappa shape index (κ2) is 6.30. The van der Waals surface area contributed by atoms with E-state index in [4.69, 9.17) is 16.7 Å². The van der Waals surface area contributed by atoms with E-state index in [1.54, 1.807) is 42.5 Å². The van der Waals surface area contributed by atoms with Gasteiger partial charge >= 0.3 is 5.97 Å². The van der Waals surface area contributed by atoms with Gasteiger partial charge in [0.25, 0.3) is 5.91 Å². The molecular weight excluding hydrogens is 316 g/mol. The lowest BCUT2D eigenvalue weighted by atomic mass is 9.97. The predicted molar refractivity (Wildman–Crippen MR) is 88.3 cm³/mol. The van der Waals surface area contributed by atoms with E-state index in [0.717, 1.165) is 11.3 Å². The Balaban J connectivity index is 1.71.